The fraction of sp³-hybridized carbons (Fsp3) is 0.125. The number of hydrogen-bond donors (Lipinski definition) is 2. The molecule has 0 aliphatic rings. The van der Waals surface area contributed by atoms with Gasteiger partial charge in [-0.3, -0.25) is 4.79 Å². The van der Waals surface area contributed by atoms with Crippen LogP contribution in [0.4, 0.5) is 5.69 Å². The Hall–Kier alpha value is -0.510. The van der Waals surface area contributed by atoms with Crippen LogP contribution in [-0.2, 0) is 11.2 Å². The molecule has 1 aromatic carbocycles. The van der Waals surface area contributed by atoms with Crippen LogP contribution >= 0.6 is 0 Å². The van der Waals surface area contributed by atoms with Gasteiger partial charge in [-0.05, 0) is 17.7 Å². The van der Waals surface area contributed by atoms with E-state index in [1.807, 2.05) is 0 Å². The first-order chi connectivity index (χ1) is 5.18. The summed E-state index contributed by atoms with van der Waals surface area (Å²) in [5.41, 5.74) is 6.83. The molecule has 0 heterocycles. The normalized spacial score (nSPS) is 8.67. The number of nitrogen functional groups attached to an aromatic ring is 1. The molecule has 0 aliphatic carbocycles. The zero-order valence-electron chi connectivity index (χ0n) is 5.95. The Morgan fingerprint density at radius 1 is 1.33 bits per heavy atom. The van der Waals surface area contributed by atoms with Gasteiger partial charge in [0.15, 0.2) is 0 Å². The molecule has 1 aromatic rings. The van der Waals surface area contributed by atoms with E-state index in [4.69, 9.17) is 10.8 Å². The molecular weight excluding hydrogens is 165 g/mol. The Balaban J connectivity index is 0.00000121. The fourth-order valence-electron chi connectivity index (χ4n) is 0.810. The van der Waals surface area contributed by atoms with E-state index >= 15 is 0 Å². The molecule has 0 radical (unpaired) electrons. The third-order valence-corrected chi connectivity index (χ3v) is 1.34. The van der Waals surface area contributed by atoms with E-state index in [2.05, 4.69) is 0 Å². The molecule has 3 N–H and O–H groups in total. The van der Waals surface area contributed by atoms with E-state index in [1.54, 1.807) is 24.3 Å². The average molecular weight is 175 g/mol. The first-order valence-corrected chi connectivity index (χ1v) is 3.24. The molecule has 4 heteroatoms. The van der Waals surface area contributed by atoms with Crippen LogP contribution in [0.2, 0.25) is 0 Å². The predicted molar refractivity (Wildman–Crippen MR) is 49.3 cm³/mol. The van der Waals surface area contributed by atoms with Crippen molar-refractivity contribution in [3.63, 3.8) is 0 Å². The van der Waals surface area contributed by atoms with Crippen molar-refractivity contribution in [2.45, 2.75) is 6.42 Å². The zero-order valence-corrected chi connectivity index (χ0v) is 5.95. The van der Waals surface area contributed by atoms with Crippen molar-refractivity contribution >= 4 is 41.2 Å². The minimum absolute atomic E-state index is 0. The van der Waals surface area contributed by atoms with Crippen LogP contribution in [0.1, 0.15) is 5.56 Å². The van der Waals surface area contributed by atoms with E-state index in [0.29, 0.717) is 5.69 Å². The number of rotatable bonds is 2. The predicted octanol–water partition coefficient (Wildman–Crippen LogP) is 0.247. The number of benzene rings is 1. The second kappa shape index (κ2) is 5.19. The molecule has 0 aromatic heterocycles. The van der Waals surface area contributed by atoms with Gasteiger partial charge in [0.05, 0.1) is 6.42 Å². The molecule has 0 atom stereocenters. The molecule has 3 nitrogen and oxygen atoms in total. The van der Waals surface area contributed by atoms with Crippen molar-refractivity contribution in [3.05, 3.63) is 29.8 Å². The van der Waals surface area contributed by atoms with Crippen molar-refractivity contribution in [3.8, 4) is 0 Å². The fourth-order valence-corrected chi connectivity index (χ4v) is 0.810. The van der Waals surface area contributed by atoms with Crippen LogP contribution in [0.5, 0.6) is 0 Å². The summed E-state index contributed by atoms with van der Waals surface area (Å²) < 4.78 is 0. The van der Waals surface area contributed by atoms with Crippen molar-refractivity contribution in [2.75, 3.05) is 5.73 Å². The molecule has 1 rings (SSSR count). The minimum atomic E-state index is -0.824. The third kappa shape index (κ3) is 3.76. The number of carbonyl (C=O) groups is 1. The van der Waals surface area contributed by atoms with Gasteiger partial charge in [0.1, 0.15) is 0 Å². The molecule has 0 bridgehead atoms. The van der Waals surface area contributed by atoms with E-state index in [1.165, 1.54) is 0 Å². The molecular formula is C8H10NNaO2. The monoisotopic (exact) mass is 175 g/mol. The number of carboxylic acid groups (broad SMARTS) is 1. The Labute approximate surface area is 92.9 Å². The molecule has 0 spiro atoms. The van der Waals surface area contributed by atoms with Gasteiger partial charge in [0.2, 0.25) is 0 Å². The van der Waals surface area contributed by atoms with E-state index < -0.39 is 5.97 Å². The van der Waals surface area contributed by atoms with E-state index in [0.717, 1.165) is 5.56 Å². The van der Waals surface area contributed by atoms with Crippen molar-refractivity contribution in [1.29, 1.82) is 0 Å². The van der Waals surface area contributed by atoms with Gasteiger partial charge in [-0.25, -0.2) is 0 Å². The quantitative estimate of drug-likeness (QED) is 0.500. The molecule has 0 fully saturated rings. The second-order valence-electron chi connectivity index (χ2n) is 2.31. The third-order valence-electron chi connectivity index (χ3n) is 1.34. The Kier molecular flexibility index (Phi) is 4.97. The van der Waals surface area contributed by atoms with Crippen LogP contribution in [0.3, 0.4) is 0 Å². The van der Waals surface area contributed by atoms with E-state index in [-0.39, 0.29) is 36.0 Å². The average Bonchev–Trinajstić information content (AvgIpc) is 1.93. The molecule has 0 saturated carbocycles. The van der Waals surface area contributed by atoms with Crippen LogP contribution in [-0.4, -0.2) is 40.6 Å². The molecule has 0 amide bonds. The van der Waals surface area contributed by atoms with Gasteiger partial charge in [0.25, 0.3) is 0 Å². The van der Waals surface area contributed by atoms with Crippen LogP contribution in [0.15, 0.2) is 24.3 Å². The first-order valence-electron chi connectivity index (χ1n) is 3.24. The first kappa shape index (κ1) is 11.5. The van der Waals surface area contributed by atoms with Gasteiger partial charge < -0.3 is 10.8 Å². The van der Waals surface area contributed by atoms with Gasteiger partial charge >= 0.3 is 35.5 Å². The second-order valence-corrected chi connectivity index (χ2v) is 2.31. The van der Waals surface area contributed by atoms with Crippen LogP contribution in [0, 0.1) is 0 Å². The van der Waals surface area contributed by atoms with E-state index in [9.17, 15) is 4.79 Å². The summed E-state index contributed by atoms with van der Waals surface area (Å²) in [5.74, 6) is -0.824. The Morgan fingerprint density at radius 3 is 2.25 bits per heavy atom. The summed E-state index contributed by atoms with van der Waals surface area (Å²) in [5, 5.41) is 8.40. The van der Waals surface area contributed by atoms with Gasteiger partial charge in [0, 0.05) is 5.69 Å². The van der Waals surface area contributed by atoms with Crippen molar-refractivity contribution in [1.82, 2.24) is 0 Å². The molecule has 0 saturated heterocycles. The standard InChI is InChI=1S/C8H9NO2.Na.H/c9-7-3-1-6(2-4-7)5-8(10)11;;/h1-4H,5,9H2,(H,10,11);;. The van der Waals surface area contributed by atoms with Crippen molar-refractivity contribution in [2.24, 2.45) is 0 Å². The van der Waals surface area contributed by atoms with Crippen LogP contribution in [0.25, 0.3) is 0 Å². The summed E-state index contributed by atoms with van der Waals surface area (Å²) in [4.78, 5) is 10.2. The summed E-state index contributed by atoms with van der Waals surface area (Å²) >= 11 is 0. The number of carboxylic acids is 1. The molecule has 0 unspecified atom stereocenters. The summed E-state index contributed by atoms with van der Waals surface area (Å²) in [6.07, 6.45) is 0.0558. The molecule has 12 heavy (non-hydrogen) atoms. The topological polar surface area (TPSA) is 63.3 Å². The maximum atomic E-state index is 10.2. The molecule has 60 valence electrons. The number of nitrogens with two attached hydrogens (primary N) is 1. The SMILES string of the molecule is Nc1ccc(CC(=O)O)cc1.[NaH]. The molecule has 0 aliphatic heterocycles. The van der Waals surface area contributed by atoms with Gasteiger partial charge in [-0.2, -0.15) is 0 Å². The number of anilines is 1. The number of aliphatic carboxylic acids is 1. The van der Waals surface area contributed by atoms with Crippen LogP contribution < -0.4 is 5.73 Å². The Bertz CT molecular complexity index is 258. The summed E-state index contributed by atoms with van der Waals surface area (Å²) in [6.45, 7) is 0. The van der Waals surface area contributed by atoms with Gasteiger partial charge in [-0.15, -0.1) is 0 Å². The van der Waals surface area contributed by atoms with Gasteiger partial charge in [-0.1, -0.05) is 12.1 Å². The Morgan fingerprint density at radius 2 is 1.83 bits per heavy atom. The van der Waals surface area contributed by atoms with Crippen molar-refractivity contribution < 1.29 is 9.90 Å². The zero-order chi connectivity index (χ0) is 8.27. The summed E-state index contributed by atoms with van der Waals surface area (Å²) in [7, 11) is 0. The maximum absolute atomic E-state index is 10.2. The summed E-state index contributed by atoms with van der Waals surface area (Å²) in [6, 6.07) is 6.81. The number of hydrogen-bond acceptors (Lipinski definition) is 2.